The van der Waals surface area contributed by atoms with E-state index in [2.05, 4.69) is 21.0 Å². The van der Waals surface area contributed by atoms with Gasteiger partial charge >= 0.3 is 0 Å². The van der Waals surface area contributed by atoms with Crippen LogP contribution in [0.5, 0.6) is 0 Å². The van der Waals surface area contributed by atoms with Crippen LogP contribution in [0.1, 0.15) is 32.1 Å². The normalized spacial score (nSPS) is 22.7. The maximum atomic E-state index is 14.9. The fourth-order valence-corrected chi connectivity index (χ4v) is 5.78. The number of anilines is 3. The molecule has 3 aliphatic rings. The number of nitrogens with zero attached hydrogens (tertiary/aromatic N) is 4. The highest BCUT2D eigenvalue weighted by Crippen LogP contribution is 2.51. The monoisotopic (exact) mass is 461 g/mol. The number of pyridine rings is 1. The minimum atomic E-state index is -0.640. The summed E-state index contributed by atoms with van der Waals surface area (Å²) in [5, 5.41) is 0.532. The van der Waals surface area contributed by atoms with Crippen molar-refractivity contribution in [2.75, 3.05) is 29.5 Å². The van der Waals surface area contributed by atoms with E-state index in [1.807, 2.05) is 4.90 Å². The van der Waals surface area contributed by atoms with Crippen molar-refractivity contribution in [1.29, 1.82) is 0 Å². The topological polar surface area (TPSA) is 120 Å². The molecule has 2 aromatic rings. The van der Waals surface area contributed by atoms with Gasteiger partial charge in [0.05, 0.1) is 5.02 Å². The van der Waals surface area contributed by atoms with E-state index >= 15 is 0 Å². The predicted molar refractivity (Wildman–Crippen MR) is 121 cm³/mol. The molecular weight excluding hydrogens is 437 g/mol. The number of piperidine rings is 1. The molecule has 1 atom stereocenters. The smallest absolute Gasteiger partial charge is 0.257 e. The molecule has 2 aromatic heterocycles. The van der Waals surface area contributed by atoms with Gasteiger partial charge in [0, 0.05) is 30.2 Å². The first-order valence-electron chi connectivity index (χ1n) is 10.5. The van der Waals surface area contributed by atoms with Crippen LogP contribution in [0, 0.1) is 17.3 Å². The number of allylic oxidation sites excluding steroid dienone is 1. The van der Waals surface area contributed by atoms with Crippen LogP contribution in [0.25, 0.3) is 0 Å². The summed E-state index contributed by atoms with van der Waals surface area (Å²) in [6.45, 7) is 1.37. The molecule has 3 heterocycles. The third-order valence-electron chi connectivity index (χ3n) is 6.79. The number of hydrogen-bond donors (Lipinski definition) is 3. The summed E-state index contributed by atoms with van der Waals surface area (Å²) in [7, 11) is 0. The molecule has 0 bridgehead atoms. The Bertz CT molecular complexity index is 1050. The Balaban J connectivity index is 1.30. The molecule has 10 heteroatoms. The van der Waals surface area contributed by atoms with Crippen molar-refractivity contribution in [2.45, 2.75) is 48.1 Å². The van der Waals surface area contributed by atoms with Crippen molar-refractivity contribution in [3.8, 4) is 0 Å². The van der Waals surface area contributed by atoms with Crippen molar-refractivity contribution in [1.82, 2.24) is 15.0 Å². The van der Waals surface area contributed by atoms with Gasteiger partial charge < -0.3 is 22.1 Å². The Labute approximate surface area is 189 Å². The van der Waals surface area contributed by atoms with Crippen molar-refractivity contribution < 1.29 is 4.39 Å². The van der Waals surface area contributed by atoms with Gasteiger partial charge in [-0.3, -0.25) is 0 Å². The van der Waals surface area contributed by atoms with Gasteiger partial charge in [0.15, 0.2) is 11.6 Å². The zero-order valence-corrected chi connectivity index (χ0v) is 18.6. The molecular formula is C21H25ClFN7S. The highest BCUT2D eigenvalue weighted by molar-refractivity contribution is 7.99. The van der Waals surface area contributed by atoms with Gasteiger partial charge in [-0.25, -0.2) is 15.0 Å². The van der Waals surface area contributed by atoms with Gasteiger partial charge in [0.1, 0.15) is 10.8 Å². The summed E-state index contributed by atoms with van der Waals surface area (Å²) in [4.78, 5) is 14.9. The van der Waals surface area contributed by atoms with Crippen LogP contribution >= 0.6 is 23.4 Å². The molecule has 2 fully saturated rings. The minimum Gasteiger partial charge on any atom is -0.382 e. The molecule has 0 unspecified atom stereocenters. The number of aromatic nitrogens is 3. The highest BCUT2D eigenvalue weighted by Gasteiger charge is 2.47. The predicted octanol–water partition coefficient (Wildman–Crippen LogP) is 3.63. The Morgan fingerprint density at radius 3 is 2.61 bits per heavy atom. The van der Waals surface area contributed by atoms with E-state index in [1.165, 1.54) is 24.6 Å². The van der Waals surface area contributed by atoms with E-state index in [-0.39, 0.29) is 39.0 Å². The lowest BCUT2D eigenvalue weighted by Crippen LogP contribution is -2.48. The Morgan fingerprint density at radius 2 is 1.90 bits per heavy atom. The Kier molecular flexibility index (Phi) is 5.22. The maximum Gasteiger partial charge on any atom is 0.257 e. The van der Waals surface area contributed by atoms with Crippen LogP contribution in [0.4, 0.5) is 21.8 Å². The average Bonchev–Trinajstić information content (AvgIpc) is 3.55. The van der Waals surface area contributed by atoms with Crippen LogP contribution in [0.3, 0.4) is 0 Å². The second kappa shape index (κ2) is 7.79. The first-order valence-corrected chi connectivity index (χ1v) is 11.7. The lowest BCUT2D eigenvalue weighted by Gasteiger charge is -2.43. The summed E-state index contributed by atoms with van der Waals surface area (Å²) in [5.74, 6) is 0.604. The number of nitrogen functional groups attached to an aromatic ring is 2. The van der Waals surface area contributed by atoms with Gasteiger partial charge in [-0.1, -0.05) is 35.0 Å². The number of nitrogens with two attached hydrogens (primary N) is 3. The molecule has 0 radical (unpaired) electrons. The van der Waals surface area contributed by atoms with Gasteiger partial charge in [-0.05, 0) is 49.5 Å². The molecule has 0 amide bonds. The molecule has 164 valence electrons. The van der Waals surface area contributed by atoms with Crippen LogP contribution in [0.15, 0.2) is 33.8 Å². The Hall–Kier alpha value is -2.10. The number of rotatable bonds is 4. The largest absolute Gasteiger partial charge is 0.382 e. The second-order valence-corrected chi connectivity index (χ2v) is 10.1. The average molecular weight is 462 g/mol. The van der Waals surface area contributed by atoms with E-state index in [0.717, 1.165) is 31.0 Å². The molecule has 6 N–H and O–H groups in total. The first-order chi connectivity index (χ1) is 14.9. The lowest BCUT2D eigenvalue weighted by molar-refractivity contribution is 0.202. The van der Waals surface area contributed by atoms with Crippen molar-refractivity contribution in [3.05, 3.63) is 34.9 Å². The summed E-state index contributed by atoms with van der Waals surface area (Å²) in [5.41, 5.74) is 20.0. The fourth-order valence-electron chi connectivity index (χ4n) is 4.75. The van der Waals surface area contributed by atoms with Crippen molar-refractivity contribution >= 4 is 40.8 Å². The van der Waals surface area contributed by atoms with Crippen molar-refractivity contribution in [3.63, 3.8) is 0 Å². The summed E-state index contributed by atoms with van der Waals surface area (Å²) in [6, 6.07) is 1.80. The summed E-state index contributed by atoms with van der Waals surface area (Å²) >= 11 is 7.30. The quantitative estimate of drug-likeness (QED) is 0.590. The van der Waals surface area contributed by atoms with Gasteiger partial charge in [0.25, 0.3) is 5.95 Å². The fraction of sp³-hybridized carbons (Fsp3) is 0.476. The van der Waals surface area contributed by atoms with E-state index in [9.17, 15) is 4.39 Å². The summed E-state index contributed by atoms with van der Waals surface area (Å²) in [6.07, 6.45) is 9.26. The molecule has 1 spiro atoms. The van der Waals surface area contributed by atoms with E-state index < -0.39 is 5.95 Å². The molecule has 0 aromatic carbocycles. The van der Waals surface area contributed by atoms with Crippen LogP contribution in [0.2, 0.25) is 5.02 Å². The molecule has 5 rings (SSSR count). The molecule has 31 heavy (non-hydrogen) atoms. The standard InChI is InChI=1S/C21H25ClFN7S/c22-14-13(4-8-27-17(14)25)31-20-18(26)29-19(16(23)28-20)30-9-6-21(7-10-30)5-3-12(15(21)24)11-1-2-11/h3-4,8,11,15H,1-2,5-7,9-10,24H2,(H2,25,27)(H2,26,29)/t15-/m1/s1. The lowest BCUT2D eigenvalue weighted by atomic mass is 9.72. The van der Waals surface area contributed by atoms with E-state index in [1.54, 1.807) is 6.07 Å². The highest BCUT2D eigenvalue weighted by atomic mass is 35.5. The SMILES string of the molecule is Nc1nc(N2CCC3(CC=C(C4CC4)[C@H]3N)CC2)c(F)nc1Sc1ccnc(N)c1Cl. The second-order valence-electron chi connectivity index (χ2n) is 8.65. The summed E-state index contributed by atoms with van der Waals surface area (Å²) < 4.78 is 14.9. The third kappa shape index (κ3) is 3.72. The zero-order chi connectivity index (χ0) is 21.8. The van der Waals surface area contributed by atoms with E-state index in [0.29, 0.717) is 23.9 Å². The molecule has 2 aliphatic carbocycles. The van der Waals surface area contributed by atoms with Crippen LogP contribution < -0.4 is 22.1 Å². The number of hydrogen-bond acceptors (Lipinski definition) is 8. The maximum absolute atomic E-state index is 14.9. The number of halogens is 2. The van der Waals surface area contributed by atoms with Gasteiger partial charge in [-0.2, -0.15) is 4.39 Å². The Morgan fingerprint density at radius 1 is 1.16 bits per heavy atom. The minimum absolute atomic E-state index is 0.0949. The van der Waals surface area contributed by atoms with Gasteiger partial charge in [0.2, 0.25) is 0 Å². The molecule has 1 saturated heterocycles. The van der Waals surface area contributed by atoms with E-state index in [4.69, 9.17) is 28.8 Å². The zero-order valence-electron chi connectivity index (χ0n) is 17.0. The first kappa shape index (κ1) is 20.8. The molecule has 1 saturated carbocycles. The van der Waals surface area contributed by atoms with Gasteiger partial charge in [-0.15, -0.1) is 0 Å². The third-order valence-corrected chi connectivity index (χ3v) is 8.35. The molecule has 7 nitrogen and oxygen atoms in total. The van der Waals surface area contributed by atoms with Crippen LogP contribution in [-0.4, -0.2) is 34.1 Å². The van der Waals surface area contributed by atoms with Crippen LogP contribution in [-0.2, 0) is 0 Å². The molecule has 1 aliphatic heterocycles. The van der Waals surface area contributed by atoms with Crippen molar-refractivity contribution in [2.24, 2.45) is 17.1 Å².